The first-order valence-corrected chi connectivity index (χ1v) is 39.1. The number of piperidine rings is 4. The fraction of sp³-hybridized carbons (Fsp3) is 0.708. The number of nitrogens with two attached hydrogens (primary N) is 4. The van der Waals surface area contributed by atoms with Gasteiger partial charge in [0.25, 0.3) is 0 Å². The minimum Gasteiger partial charge on any atom is -0.493 e. The molecule has 8 N–H and O–H groups in total. The molecule has 0 bridgehead atoms. The van der Waals surface area contributed by atoms with E-state index in [1.807, 2.05) is 0 Å². The second-order valence-corrected chi connectivity index (χ2v) is 30.7. The number of rotatable bonds is 28. The summed E-state index contributed by atoms with van der Waals surface area (Å²) in [6.07, 6.45) is -38.2. The van der Waals surface area contributed by atoms with Crippen LogP contribution in [0.15, 0.2) is 48.5 Å². The SMILES string of the molecule is [2H]C([2H])([2H])Oc1cc2c(cc1OC)C1N(CC2)C([2H])([2H])C([2H])(C([2H])([2H])C([2H])(C)C([2H])([2H])[2H])C(OC(=O)[C@@H](N)C(C)C)C1([2H])[2H].[2H]C1([2H])C2c3cc(OC)c(OC)cc3CCN2C([2H])([2H])C([2H])(C([2H])([2H])C([2H])(C)C([2H])([2H])[2H])C1OC(=O)[C@@H](N)C(C)C.[2H]C1([2H])C2c3cc(OC)c(OC)cc3CCN2C([2H])([2H])C([2H])(C([2H])([2H])C([2H])(C)C([2H])([2H])[2H])C1OC(=O)[C@@H](N)C(C)C.[2H]c1c(OC)c(OC([2H])([2H])[2H])c([2H])c2c1C1([2H])CC([2H])(OC(=O)[C@@H](N)C(C)C)C(C([2H])([2H])C([2H])(C)C([2H])([2H])[2H])CN1C([2H])([2H])C2([2H])[2H]. The molecule has 8 aliphatic rings. The van der Waals surface area contributed by atoms with Crippen molar-refractivity contribution in [1.82, 2.24) is 19.6 Å². The molecule has 4 aromatic rings. The Labute approximate surface area is 793 Å². The summed E-state index contributed by atoms with van der Waals surface area (Å²) in [5.41, 5.74) is 24.0. The van der Waals surface area contributed by atoms with Gasteiger partial charge in [-0.3, -0.25) is 38.8 Å². The molecular formula is C96H152N8O16. The maximum Gasteiger partial charge on any atom is 0.323 e. The molecule has 0 spiro atoms. The molecule has 24 nitrogen and oxygen atoms in total. The quantitative estimate of drug-likeness (QED) is 0.0303. The lowest BCUT2D eigenvalue weighted by molar-refractivity contribution is -0.161. The molecule has 24 heteroatoms. The largest absolute Gasteiger partial charge is 0.493 e. The molecule has 8 aliphatic heterocycles. The van der Waals surface area contributed by atoms with Crippen LogP contribution in [0.2, 0.25) is 0 Å². The van der Waals surface area contributed by atoms with Gasteiger partial charge in [0.2, 0.25) is 0 Å². The third-order valence-corrected chi connectivity index (χ3v) is 20.5. The van der Waals surface area contributed by atoms with Crippen LogP contribution in [0.5, 0.6) is 46.0 Å². The zero-order valence-corrected chi connectivity index (χ0v) is 70.9. The number of methoxy groups -OCH3 is 8. The highest BCUT2D eigenvalue weighted by atomic mass is 16.6. The molecule has 0 saturated carbocycles. The van der Waals surface area contributed by atoms with Crippen LogP contribution in [0, 0.1) is 70.8 Å². The molecule has 0 aliphatic carbocycles. The summed E-state index contributed by atoms with van der Waals surface area (Å²) in [4.78, 5) is 55.9. The van der Waals surface area contributed by atoms with Gasteiger partial charge in [0.05, 0.1) is 70.4 Å². The van der Waals surface area contributed by atoms with Crippen LogP contribution < -0.4 is 60.8 Å². The van der Waals surface area contributed by atoms with Gasteiger partial charge in [-0.15, -0.1) is 0 Å². The first-order valence-electron chi connectivity index (χ1n) is 65.6. The van der Waals surface area contributed by atoms with Crippen LogP contribution >= 0.6 is 0 Å². The number of hydrogen-bond donors (Lipinski definition) is 4. The van der Waals surface area contributed by atoms with Crippen LogP contribution in [0.3, 0.4) is 0 Å². The molecule has 4 saturated heterocycles. The molecule has 120 heavy (non-hydrogen) atoms. The van der Waals surface area contributed by atoms with Crippen molar-refractivity contribution in [3.63, 3.8) is 0 Å². The number of fused-ring (bicyclic) bond motifs is 12. The minimum atomic E-state index is -3.69. The van der Waals surface area contributed by atoms with E-state index in [9.17, 15) is 34.3 Å². The van der Waals surface area contributed by atoms with Gasteiger partial charge in [-0.2, -0.15) is 0 Å². The van der Waals surface area contributed by atoms with E-state index in [1.54, 1.807) is 53.7 Å². The van der Waals surface area contributed by atoms with E-state index >= 15 is 0 Å². The Kier molecular flexibility index (Phi) is 17.1. The van der Waals surface area contributed by atoms with E-state index < -0.39 is 334 Å². The topological polar surface area (TPSA) is 296 Å². The molecule has 12 rings (SSSR count). The Bertz CT molecular complexity index is 6370. The second kappa shape index (κ2) is 43.9. The van der Waals surface area contributed by atoms with E-state index in [-0.39, 0.29) is 78.6 Å². The van der Waals surface area contributed by atoms with Gasteiger partial charge < -0.3 is 79.8 Å². The fourth-order valence-electron chi connectivity index (χ4n) is 13.7. The maximum absolute atomic E-state index is 13.2. The Hall–Kier alpha value is -7.16. The predicted molar refractivity (Wildman–Crippen MR) is 471 cm³/mol. The van der Waals surface area contributed by atoms with Crippen molar-refractivity contribution in [3.8, 4) is 46.0 Å². The predicted octanol–water partition coefficient (Wildman–Crippen LogP) is 14.3. The van der Waals surface area contributed by atoms with E-state index in [0.717, 1.165) is 28.7 Å². The van der Waals surface area contributed by atoms with Gasteiger partial charge >= 0.3 is 23.9 Å². The van der Waals surface area contributed by atoms with Crippen LogP contribution in [-0.2, 0) is 63.8 Å². The minimum absolute atomic E-state index is 0.0536. The smallest absolute Gasteiger partial charge is 0.323 e. The standard InChI is InChI=1S/4C24H38N2O4/c4*1-14(2)9-17-13-26-8-7-16-10-21(28-5)22(29-6)11-18(16)19(26)12-20(17)30-24(27)23(25)15(3)4/h4*10-11,14-15,17,19-20,23H,7-9,12-13,25H2,1-6H3/t4*17?,19?,20?,23-/m0000/s1/i1D3,5D3,7D2,8D2,9D2,10D,11D,14D,19D,20D;1D3,5D3,9D2,12D2,13D2,14D,17D;2*1D3,9D2,12D2,13D2,14D,17D/t4*14?,17?,19?,20?,23-. The molecule has 0 radical (unpaired) electrons. The molecule has 672 valence electrons. The van der Waals surface area contributed by atoms with E-state index in [1.165, 1.54) is 73.7 Å². The number of ether oxygens (including phenoxy) is 12. The van der Waals surface area contributed by atoms with E-state index in [4.69, 9.17) is 137 Å². The van der Waals surface area contributed by atoms with Gasteiger partial charge in [-0.25, -0.2) is 0 Å². The summed E-state index contributed by atoms with van der Waals surface area (Å²) in [5.74, 6) is -33.3. The van der Waals surface area contributed by atoms with Gasteiger partial charge in [0.15, 0.2) is 46.0 Å². The zero-order valence-electron chi connectivity index (χ0n) is 124. The number of hydrogen-bond acceptors (Lipinski definition) is 24. The van der Waals surface area contributed by atoms with Crippen molar-refractivity contribution in [3.05, 3.63) is 93.0 Å². The second-order valence-electron chi connectivity index (χ2n) is 30.7. The number of carbonyl (C=O) groups excluding carboxylic acids is 4. The number of benzene rings is 4. The Morgan fingerprint density at radius 1 is 0.433 bits per heavy atom. The first kappa shape index (κ1) is 46.7. The monoisotopic (exact) mass is 1730 g/mol. The summed E-state index contributed by atoms with van der Waals surface area (Å²) >= 11 is 0. The third kappa shape index (κ3) is 23.8. The molecule has 4 fully saturated rings. The molecule has 0 amide bonds. The van der Waals surface area contributed by atoms with Gasteiger partial charge in [-0.1, -0.05) is 110 Å². The first-order chi connectivity index (χ1) is 77.3. The number of carbonyl (C=O) groups is 4. The van der Waals surface area contributed by atoms with Gasteiger partial charge in [0.1, 0.15) is 48.6 Å². The Balaban J connectivity index is 0.000000253. The lowest BCUT2D eigenvalue weighted by atomic mass is 9.79. The molecule has 8 heterocycles. The van der Waals surface area contributed by atoms with Crippen molar-refractivity contribution in [1.29, 1.82) is 0 Å². The molecule has 16 unspecified atom stereocenters. The lowest BCUT2D eigenvalue weighted by Gasteiger charge is -2.47. The third-order valence-electron chi connectivity index (χ3n) is 20.5. The van der Waals surface area contributed by atoms with Gasteiger partial charge in [-0.05, 0) is 191 Å². The summed E-state index contributed by atoms with van der Waals surface area (Å²) in [6, 6.07) is -6.41. The summed E-state index contributed by atoms with van der Waals surface area (Å²) in [5, 5.41) is 0. The fourth-order valence-corrected chi connectivity index (χ4v) is 13.7. The van der Waals surface area contributed by atoms with Crippen molar-refractivity contribution < 1.29 is 149 Å². The highest BCUT2D eigenvalue weighted by molar-refractivity contribution is 5.77. The summed E-state index contributed by atoms with van der Waals surface area (Å²) in [7, 11) is 1.63. The maximum atomic E-state index is 13.2. The van der Waals surface area contributed by atoms with Crippen molar-refractivity contribution in [2.75, 3.05) is 109 Å². The summed E-state index contributed by atoms with van der Waals surface area (Å²) < 4.78 is 519. The van der Waals surface area contributed by atoms with Gasteiger partial charge in [0, 0.05) is 184 Å². The zero-order chi connectivity index (χ0) is 135. The Morgan fingerprint density at radius 3 is 1.08 bits per heavy atom. The average Bonchev–Trinajstić information content (AvgIpc) is 0.674. The molecule has 4 aromatic carbocycles. The highest BCUT2D eigenvalue weighted by Crippen LogP contribution is 2.50. The number of nitrogens with zero attached hydrogens (tertiary/aromatic N) is 4. The van der Waals surface area contributed by atoms with Crippen LogP contribution in [-0.4, -0.2) is 201 Å². The average molecular weight is 1730 g/mol. The van der Waals surface area contributed by atoms with Crippen molar-refractivity contribution in [2.24, 2.45) is 93.8 Å². The van der Waals surface area contributed by atoms with Crippen LogP contribution in [0.4, 0.5) is 0 Å². The molecular weight excluding hydrogens is 1520 g/mol. The molecule has 0 aromatic heterocycles. The Morgan fingerprint density at radius 2 is 0.750 bits per heavy atom. The highest BCUT2D eigenvalue weighted by Gasteiger charge is 2.47. The van der Waals surface area contributed by atoms with E-state index in [0.29, 0.717) is 53.9 Å². The number of esters is 4. The van der Waals surface area contributed by atoms with Crippen molar-refractivity contribution >= 4 is 23.9 Å². The lowest BCUT2D eigenvalue weighted by Crippen LogP contribution is -2.51. The van der Waals surface area contributed by atoms with Crippen LogP contribution in [0.1, 0.15) is 303 Å². The van der Waals surface area contributed by atoms with E-state index in [2.05, 4.69) is 0 Å². The van der Waals surface area contributed by atoms with Crippen molar-refractivity contribution in [2.45, 2.75) is 260 Å². The normalized spacial score (nSPS) is 40.9. The molecule has 20 atom stereocenters. The summed E-state index contributed by atoms with van der Waals surface area (Å²) in [6.45, 7) is -13.2. The van der Waals surface area contributed by atoms with Crippen LogP contribution in [0.25, 0.3) is 0 Å².